The number of hydrogen-bond acceptors (Lipinski definition) is 10. The molecule has 6 rings (SSSR count). The Kier molecular flexibility index (Phi) is 12.5. The number of pyridine rings is 1. The highest BCUT2D eigenvalue weighted by Gasteiger charge is 2.53. The number of anilines is 2. The first-order valence-electron chi connectivity index (χ1n) is 18.8. The van der Waals surface area contributed by atoms with E-state index in [0.29, 0.717) is 31.2 Å². The van der Waals surface area contributed by atoms with Crippen LogP contribution in [0, 0.1) is 11.3 Å². The van der Waals surface area contributed by atoms with Gasteiger partial charge in [0, 0.05) is 44.8 Å². The van der Waals surface area contributed by atoms with Gasteiger partial charge in [-0.3, -0.25) is 39.2 Å². The molecule has 20 heteroatoms. The Morgan fingerprint density at radius 3 is 2.43 bits per heavy atom. The van der Waals surface area contributed by atoms with Crippen LogP contribution in [0.2, 0.25) is 0 Å². The van der Waals surface area contributed by atoms with Gasteiger partial charge < -0.3 is 15.0 Å². The fourth-order valence-corrected chi connectivity index (χ4v) is 8.73. The van der Waals surface area contributed by atoms with Gasteiger partial charge in [-0.25, -0.2) is 4.98 Å². The average Bonchev–Trinajstić information content (AvgIpc) is 3.33. The number of benzene rings is 1. The molecule has 0 radical (unpaired) electrons. The standard InChI is InChI=1S/C38H42F6N8O5S/c1-36(2)34(56)51(25-4-3-23(19-45)28(18-25)37(39,40)41)35(58)52(36)24-5-7-26(8-6-24)57-16-15-49-13-14-50(29(20-49)38(42,43)44)21-32(54)47-30-17-22(11-12-46-30)27-9-10-31(53)48-33(27)55/h3-4,11-12,17-18,24,26-27,29H,5-10,13-16,20-21H2,1-2H3,(H,46,47,54)(H,48,53,55)/t24?,26?,27?,29-/m1/s1. The molecule has 4 fully saturated rings. The number of ether oxygens (including phenoxy) is 1. The summed E-state index contributed by atoms with van der Waals surface area (Å²) in [6.07, 6.45) is -5.63. The number of rotatable bonds is 10. The maximum absolute atomic E-state index is 14.3. The fraction of sp³-hybridized carbons (Fsp3) is 0.553. The lowest BCUT2D eigenvalue weighted by Gasteiger charge is -2.42. The Labute approximate surface area is 335 Å². The summed E-state index contributed by atoms with van der Waals surface area (Å²) in [6, 6.07) is 5.48. The quantitative estimate of drug-likeness (QED) is 0.195. The molecule has 4 amide bonds. The Bertz CT molecular complexity index is 1980. The van der Waals surface area contributed by atoms with Gasteiger partial charge in [-0.05, 0) is 94.1 Å². The SMILES string of the molecule is CC1(C)C(=O)N(c2ccc(C#N)c(C(F)(F)F)c2)C(=S)N1C1CCC(OCCN2CCN(CC(=O)Nc3cc(C4CCC(=O)NC4=O)ccn3)[C@@H](C(F)(F)F)C2)CC1. The van der Waals surface area contributed by atoms with Crippen LogP contribution < -0.4 is 15.5 Å². The number of carbonyl (C=O) groups is 4. The lowest BCUT2D eigenvalue weighted by atomic mass is 9.89. The van der Waals surface area contributed by atoms with Crippen molar-refractivity contribution in [2.75, 3.05) is 49.5 Å². The third-order valence-corrected chi connectivity index (χ3v) is 11.6. The van der Waals surface area contributed by atoms with Crippen molar-refractivity contribution in [2.24, 2.45) is 0 Å². The number of nitrogens with zero attached hydrogens (tertiary/aromatic N) is 6. The third kappa shape index (κ3) is 9.27. The Balaban J connectivity index is 0.982. The van der Waals surface area contributed by atoms with E-state index in [1.807, 2.05) is 0 Å². The molecule has 1 aromatic carbocycles. The number of hydrogen-bond donors (Lipinski definition) is 2. The maximum Gasteiger partial charge on any atom is 0.417 e. The number of amides is 4. The number of carbonyl (C=O) groups excluding carboxylic acids is 4. The zero-order valence-corrected chi connectivity index (χ0v) is 32.5. The van der Waals surface area contributed by atoms with Crippen molar-refractivity contribution in [1.82, 2.24) is 25.0 Å². The number of alkyl halides is 6. The van der Waals surface area contributed by atoms with E-state index in [4.69, 9.17) is 17.0 Å². The molecular formula is C38H42F6N8O5S. The third-order valence-electron chi connectivity index (χ3n) is 11.2. The summed E-state index contributed by atoms with van der Waals surface area (Å²) in [7, 11) is 0. The smallest absolute Gasteiger partial charge is 0.377 e. The van der Waals surface area contributed by atoms with Gasteiger partial charge in [0.15, 0.2) is 5.11 Å². The zero-order chi connectivity index (χ0) is 42.2. The van der Waals surface area contributed by atoms with E-state index >= 15 is 0 Å². The summed E-state index contributed by atoms with van der Waals surface area (Å²) in [5.41, 5.74) is -2.47. The van der Waals surface area contributed by atoms with Crippen LogP contribution in [0.15, 0.2) is 36.5 Å². The summed E-state index contributed by atoms with van der Waals surface area (Å²) in [4.78, 5) is 59.9. The maximum atomic E-state index is 14.3. The molecule has 1 saturated carbocycles. The molecular weight excluding hydrogens is 795 g/mol. The molecule has 2 N–H and O–H groups in total. The lowest BCUT2D eigenvalue weighted by Crippen LogP contribution is -2.60. The molecule has 13 nitrogen and oxygen atoms in total. The molecule has 58 heavy (non-hydrogen) atoms. The van der Waals surface area contributed by atoms with Crippen LogP contribution in [0.5, 0.6) is 0 Å². The molecule has 2 aromatic rings. The lowest BCUT2D eigenvalue weighted by molar-refractivity contribution is -0.197. The van der Waals surface area contributed by atoms with Crippen molar-refractivity contribution < 1.29 is 50.3 Å². The molecule has 1 unspecified atom stereocenters. The van der Waals surface area contributed by atoms with Crippen LogP contribution in [0.25, 0.3) is 0 Å². The van der Waals surface area contributed by atoms with Crippen LogP contribution in [0.1, 0.15) is 75.0 Å². The zero-order valence-electron chi connectivity index (χ0n) is 31.7. The first-order chi connectivity index (χ1) is 27.3. The second kappa shape index (κ2) is 16.9. The summed E-state index contributed by atoms with van der Waals surface area (Å²) in [5.74, 6) is -2.59. The first-order valence-corrected chi connectivity index (χ1v) is 19.2. The highest BCUT2D eigenvalue weighted by atomic mass is 32.1. The number of thiocarbonyl (C=S) groups is 1. The van der Waals surface area contributed by atoms with Crippen LogP contribution in [-0.2, 0) is 30.1 Å². The van der Waals surface area contributed by atoms with Crippen LogP contribution in [0.3, 0.4) is 0 Å². The fourth-order valence-electron chi connectivity index (χ4n) is 8.16. The van der Waals surface area contributed by atoms with Gasteiger partial charge in [-0.2, -0.15) is 31.6 Å². The highest BCUT2D eigenvalue weighted by molar-refractivity contribution is 7.80. The van der Waals surface area contributed by atoms with Crippen LogP contribution in [-0.4, -0.2) is 118 Å². The molecule has 3 saturated heterocycles. The second-order valence-corrected chi connectivity index (χ2v) is 15.7. The summed E-state index contributed by atoms with van der Waals surface area (Å²) in [5, 5.41) is 14.0. The molecule has 4 heterocycles. The minimum atomic E-state index is -4.82. The summed E-state index contributed by atoms with van der Waals surface area (Å²) < 4.78 is 90.0. The number of nitriles is 1. The van der Waals surface area contributed by atoms with Gasteiger partial charge in [-0.15, -0.1) is 0 Å². The molecule has 3 aliphatic heterocycles. The van der Waals surface area contributed by atoms with Crippen LogP contribution in [0.4, 0.5) is 37.8 Å². The van der Waals surface area contributed by atoms with Gasteiger partial charge in [0.2, 0.25) is 17.7 Å². The van der Waals surface area contributed by atoms with E-state index in [1.165, 1.54) is 24.4 Å². The van der Waals surface area contributed by atoms with Crippen molar-refractivity contribution in [3.63, 3.8) is 0 Å². The number of halogens is 6. The monoisotopic (exact) mass is 836 g/mol. The summed E-state index contributed by atoms with van der Waals surface area (Å²) in [6.45, 7) is 3.01. The van der Waals surface area contributed by atoms with Gasteiger partial charge in [0.25, 0.3) is 5.91 Å². The minimum Gasteiger partial charge on any atom is -0.377 e. The Morgan fingerprint density at radius 2 is 1.78 bits per heavy atom. The van der Waals surface area contributed by atoms with Gasteiger partial charge in [-0.1, -0.05) is 0 Å². The molecule has 1 aliphatic carbocycles. The van der Waals surface area contributed by atoms with Crippen molar-refractivity contribution in [3.05, 3.63) is 53.2 Å². The van der Waals surface area contributed by atoms with Crippen molar-refractivity contribution in [1.29, 1.82) is 5.26 Å². The van der Waals surface area contributed by atoms with Gasteiger partial charge in [0.05, 0.1) is 48.1 Å². The number of piperidine rings is 1. The van der Waals surface area contributed by atoms with E-state index in [0.717, 1.165) is 21.9 Å². The normalized spacial score (nSPS) is 24.8. The average molecular weight is 837 g/mol. The van der Waals surface area contributed by atoms with E-state index < -0.39 is 65.2 Å². The minimum absolute atomic E-state index is 0.0340. The van der Waals surface area contributed by atoms with E-state index in [-0.39, 0.29) is 80.3 Å². The van der Waals surface area contributed by atoms with E-state index in [1.54, 1.807) is 29.7 Å². The topological polar surface area (TPSA) is 151 Å². The predicted molar refractivity (Wildman–Crippen MR) is 200 cm³/mol. The number of nitrogens with one attached hydrogen (secondary N) is 2. The largest absolute Gasteiger partial charge is 0.417 e. The number of piperazine rings is 1. The summed E-state index contributed by atoms with van der Waals surface area (Å²) >= 11 is 5.67. The van der Waals surface area contributed by atoms with Crippen LogP contribution >= 0.6 is 12.2 Å². The number of imide groups is 1. The molecule has 0 spiro atoms. The predicted octanol–water partition coefficient (Wildman–Crippen LogP) is 4.72. The molecule has 312 valence electrons. The molecule has 4 aliphatic rings. The molecule has 0 bridgehead atoms. The Hall–Kier alpha value is -4.71. The van der Waals surface area contributed by atoms with Gasteiger partial charge >= 0.3 is 12.4 Å². The van der Waals surface area contributed by atoms with Crippen molar-refractivity contribution in [3.8, 4) is 6.07 Å². The molecule has 1 aromatic heterocycles. The Morgan fingerprint density at radius 1 is 1.05 bits per heavy atom. The van der Waals surface area contributed by atoms with E-state index in [9.17, 15) is 50.8 Å². The first kappa shape index (κ1) is 42.9. The van der Waals surface area contributed by atoms with Crippen molar-refractivity contribution in [2.45, 2.75) is 94.4 Å². The molecule has 2 atom stereocenters. The number of aromatic nitrogens is 1. The highest BCUT2D eigenvalue weighted by Crippen LogP contribution is 2.41. The van der Waals surface area contributed by atoms with Gasteiger partial charge in [0.1, 0.15) is 17.4 Å². The second-order valence-electron chi connectivity index (χ2n) is 15.3. The van der Waals surface area contributed by atoms with Crippen molar-refractivity contribution >= 4 is 52.5 Å². The van der Waals surface area contributed by atoms with E-state index in [2.05, 4.69) is 15.6 Å².